The third-order valence-electron chi connectivity index (χ3n) is 3.01. The lowest BCUT2D eigenvalue weighted by Gasteiger charge is -2.03. The molecular formula is C17H17FOS. The maximum absolute atomic E-state index is 13.4. The normalized spacial score (nSPS) is 10.5. The fraction of sp³-hybridized carbons (Fsp3) is 0.235. The first-order chi connectivity index (χ1) is 9.66. The minimum atomic E-state index is -0.427. The summed E-state index contributed by atoms with van der Waals surface area (Å²) in [6.45, 7) is 2.06. The summed E-state index contributed by atoms with van der Waals surface area (Å²) in [7, 11) is 0. The molecule has 0 saturated carbocycles. The van der Waals surface area contributed by atoms with Crippen molar-refractivity contribution >= 4 is 17.5 Å². The zero-order valence-corrected chi connectivity index (χ0v) is 12.3. The number of hydrogen-bond acceptors (Lipinski definition) is 2. The molecular weight excluding hydrogens is 271 g/mol. The molecule has 0 N–H and O–H groups in total. The van der Waals surface area contributed by atoms with Crippen molar-refractivity contribution in [1.29, 1.82) is 0 Å². The van der Waals surface area contributed by atoms with Crippen molar-refractivity contribution in [2.45, 2.75) is 24.7 Å². The first-order valence-electron chi connectivity index (χ1n) is 6.64. The van der Waals surface area contributed by atoms with E-state index in [1.54, 1.807) is 30.0 Å². The molecule has 0 atom stereocenters. The molecule has 2 rings (SSSR count). The zero-order chi connectivity index (χ0) is 14.4. The number of ketones is 1. The molecule has 0 fully saturated rings. The molecule has 20 heavy (non-hydrogen) atoms. The van der Waals surface area contributed by atoms with E-state index in [0.717, 1.165) is 12.2 Å². The van der Waals surface area contributed by atoms with Crippen molar-refractivity contribution in [2.24, 2.45) is 0 Å². The molecule has 0 unspecified atom stereocenters. The van der Waals surface area contributed by atoms with E-state index in [9.17, 15) is 9.18 Å². The number of Topliss-reactive ketones (excluding diaryl/α,β-unsaturated/α-hetero) is 1. The van der Waals surface area contributed by atoms with Gasteiger partial charge in [-0.2, -0.15) is 0 Å². The summed E-state index contributed by atoms with van der Waals surface area (Å²) in [5.74, 6) is 0.319. The van der Waals surface area contributed by atoms with Crippen LogP contribution in [0.2, 0.25) is 0 Å². The van der Waals surface area contributed by atoms with Crippen LogP contribution in [0.25, 0.3) is 0 Å². The van der Waals surface area contributed by atoms with Crippen LogP contribution in [0, 0.1) is 12.7 Å². The van der Waals surface area contributed by atoms with Gasteiger partial charge < -0.3 is 0 Å². The molecule has 3 heteroatoms. The van der Waals surface area contributed by atoms with Gasteiger partial charge in [-0.25, -0.2) is 4.39 Å². The molecule has 2 aromatic carbocycles. The van der Waals surface area contributed by atoms with Gasteiger partial charge in [-0.05, 0) is 43.4 Å². The summed E-state index contributed by atoms with van der Waals surface area (Å²) in [5, 5.41) is 0. The average Bonchev–Trinajstić information content (AvgIpc) is 2.46. The molecule has 0 radical (unpaired) electrons. The molecule has 0 spiro atoms. The third kappa shape index (κ3) is 4.20. The summed E-state index contributed by atoms with van der Waals surface area (Å²) in [6, 6.07) is 14.5. The summed E-state index contributed by atoms with van der Waals surface area (Å²) in [5.41, 5.74) is 1.44. The molecule has 0 aliphatic heterocycles. The Balaban J connectivity index is 1.77. The molecule has 0 aliphatic carbocycles. The molecule has 0 amide bonds. The average molecular weight is 288 g/mol. The maximum atomic E-state index is 13.4. The van der Waals surface area contributed by atoms with Crippen LogP contribution in [0.5, 0.6) is 0 Å². The monoisotopic (exact) mass is 288 g/mol. The van der Waals surface area contributed by atoms with Crippen molar-refractivity contribution in [3.05, 3.63) is 65.5 Å². The van der Waals surface area contributed by atoms with Gasteiger partial charge in [0.2, 0.25) is 0 Å². The summed E-state index contributed by atoms with van der Waals surface area (Å²) < 4.78 is 13.4. The Hall–Kier alpha value is -1.61. The van der Waals surface area contributed by atoms with E-state index < -0.39 is 5.82 Å². The van der Waals surface area contributed by atoms with Crippen molar-refractivity contribution in [3.63, 3.8) is 0 Å². The Bertz CT molecular complexity index is 578. The highest BCUT2D eigenvalue weighted by Gasteiger charge is 2.10. The van der Waals surface area contributed by atoms with Crippen LogP contribution in [0.4, 0.5) is 4.39 Å². The van der Waals surface area contributed by atoms with Crippen LogP contribution in [0.1, 0.15) is 28.8 Å². The lowest BCUT2D eigenvalue weighted by Crippen LogP contribution is -2.02. The van der Waals surface area contributed by atoms with Crippen LogP contribution in [0.3, 0.4) is 0 Å². The van der Waals surface area contributed by atoms with E-state index in [1.807, 2.05) is 0 Å². The lowest BCUT2D eigenvalue weighted by molar-refractivity contribution is 0.0978. The van der Waals surface area contributed by atoms with E-state index in [4.69, 9.17) is 0 Å². The molecule has 2 aromatic rings. The fourth-order valence-electron chi connectivity index (χ4n) is 1.88. The van der Waals surface area contributed by atoms with E-state index in [0.29, 0.717) is 6.42 Å². The van der Waals surface area contributed by atoms with Crippen molar-refractivity contribution in [2.75, 3.05) is 5.75 Å². The third-order valence-corrected chi connectivity index (χ3v) is 4.11. The molecule has 0 aliphatic rings. The molecule has 104 valence electrons. The van der Waals surface area contributed by atoms with Gasteiger partial charge in [0.25, 0.3) is 0 Å². The number of carbonyl (C=O) groups excluding carboxylic acids is 1. The predicted molar refractivity (Wildman–Crippen MR) is 81.9 cm³/mol. The molecule has 1 nitrogen and oxygen atoms in total. The van der Waals surface area contributed by atoms with Gasteiger partial charge in [-0.15, -0.1) is 11.8 Å². The number of aryl methyl sites for hydroxylation is 1. The number of carbonyl (C=O) groups is 1. The molecule has 0 heterocycles. The molecule has 0 aromatic heterocycles. The predicted octanol–water partition coefficient (Wildman–Crippen LogP) is 4.89. The van der Waals surface area contributed by atoms with E-state index in [2.05, 4.69) is 31.2 Å². The van der Waals surface area contributed by atoms with Gasteiger partial charge in [0.05, 0.1) is 5.56 Å². The standard InChI is InChI=1S/C17H17FOS/c1-13-8-10-14(11-9-13)20-12-4-7-17(19)15-5-2-3-6-16(15)18/h2-3,5-6,8-11H,4,7,12H2,1H3. The van der Waals surface area contributed by atoms with Crippen LogP contribution < -0.4 is 0 Å². The van der Waals surface area contributed by atoms with Crippen molar-refractivity contribution < 1.29 is 9.18 Å². The van der Waals surface area contributed by atoms with Crippen molar-refractivity contribution in [1.82, 2.24) is 0 Å². The van der Waals surface area contributed by atoms with Gasteiger partial charge in [0.15, 0.2) is 5.78 Å². The first kappa shape index (κ1) is 14.8. The highest BCUT2D eigenvalue weighted by molar-refractivity contribution is 7.99. The van der Waals surface area contributed by atoms with Gasteiger partial charge in [0, 0.05) is 11.3 Å². The second kappa shape index (κ2) is 7.25. The number of rotatable bonds is 6. The van der Waals surface area contributed by atoms with E-state index in [-0.39, 0.29) is 11.3 Å². The highest BCUT2D eigenvalue weighted by atomic mass is 32.2. The Morgan fingerprint density at radius 2 is 1.80 bits per heavy atom. The lowest BCUT2D eigenvalue weighted by atomic mass is 10.1. The van der Waals surface area contributed by atoms with E-state index >= 15 is 0 Å². The second-order valence-corrected chi connectivity index (χ2v) is 5.84. The van der Waals surface area contributed by atoms with Gasteiger partial charge in [0.1, 0.15) is 5.82 Å². The van der Waals surface area contributed by atoms with Crippen molar-refractivity contribution in [3.8, 4) is 0 Å². The zero-order valence-electron chi connectivity index (χ0n) is 11.4. The SMILES string of the molecule is Cc1ccc(SCCCC(=O)c2ccccc2F)cc1. The summed E-state index contributed by atoms with van der Waals surface area (Å²) in [6.07, 6.45) is 1.14. The highest BCUT2D eigenvalue weighted by Crippen LogP contribution is 2.20. The number of halogens is 1. The maximum Gasteiger partial charge on any atom is 0.165 e. The molecule has 0 bridgehead atoms. The Morgan fingerprint density at radius 1 is 1.10 bits per heavy atom. The van der Waals surface area contributed by atoms with Crippen LogP contribution >= 0.6 is 11.8 Å². The number of hydrogen-bond donors (Lipinski definition) is 0. The largest absolute Gasteiger partial charge is 0.294 e. The van der Waals surface area contributed by atoms with Gasteiger partial charge in [-0.1, -0.05) is 29.8 Å². The van der Waals surface area contributed by atoms with Gasteiger partial charge >= 0.3 is 0 Å². The number of benzene rings is 2. The van der Waals surface area contributed by atoms with Crippen LogP contribution in [-0.4, -0.2) is 11.5 Å². The quantitative estimate of drug-likeness (QED) is 0.428. The Labute approximate surface area is 123 Å². The minimum Gasteiger partial charge on any atom is -0.294 e. The Kier molecular flexibility index (Phi) is 5.36. The Morgan fingerprint density at radius 3 is 2.50 bits per heavy atom. The summed E-state index contributed by atoms with van der Waals surface area (Å²) in [4.78, 5) is 13.1. The second-order valence-electron chi connectivity index (χ2n) is 4.67. The van der Waals surface area contributed by atoms with Crippen LogP contribution in [0.15, 0.2) is 53.4 Å². The fourth-order valence-corrected chi connectivity index (χ4v) is 2.73. The minimum absolute atomic E-state index is 0.118. The number of thioether (sulfide) groups is 1. The van der Waals surface area contributed by atoms with E-state index in [1.165, 1.54) is 16.5 Å². The van der Waals surface area contributed by atoms with Crippen LogP contribution in [-0.2, 0) is 0 Å². The smallest absolute Gasteiger partial charge is 0.165 e. The molecule has 0 saturated heterocycles. The topological polar surface area (TPSA) is 17.1 Å². The van der Waals surface area contributed by atoms with Gasteiger partial charge in [-0.3, -0.25) is 4.79 Å². The first-order valence-corrected chi connectivity index (χ1v) is 7.62. The summed E-state index contributed by atoms with van der Waals surface area (Å²) >= 11 is 1.72.